The molecule has 0 atom stereocenters. The second-order valence-electron chi connectivity index (χ2n) is 12.6. The van der Waals surface area contributed by atoms with E-state index in [2.05, 4.69) is 136 Å². The van der Waals surface area contributed by atoms with Gasteiger partial charge in [-0.15, -0.1) is 0 Å². The first-order valence-electron chi connectivity index (χ1n) is 15.7. The van der Waals surface area contributed by atoms with Crippen molar-refractivity contribution in [2.45, 2.75) is 48.0 Å². The maximum atomic E-state index is 6.69. The zero-order valence-electron chi connectivity index (χ0n) is 26.8. The summed E-state index contributed by atoms with van der Waals surface area (Å²) in [5, 5.41) is 7.38. The van der Waals surface area contributed by atoms with E-state index in [4.69, 9.17) is 14.8 Å². The van der Waals surface area contributed by atoms with E-state index >= 15 is 0 Å². The Morgan fingerprint density at radius 2 is 1.51 bits per heavy atom. The van der Waals surface area contributed by atoms with Gasteiger partial charge in [0.25, 0.3) is 0 Å². The van der Waals surface area contributed by atoms with Gasteiger partial charge in [-0.3, -0.25) is 4.57 Å². The molecule has 224 valence electrons. The first kappa shape index (κ1) is 28.6. The summed E-state index contributed by atoms with van der Waals surface area (Å²) in [5.41, 5.74) is 11.3. The molecular weight excluding hydrogens is 552 g/mol. The number of pyridine rings is 1. The smallest absolute Gasteiger partial charge is 0.137 e. The van der Waals surface area contributed by atoms with E-state index in [1.54, 1.807) is 0 Å². The Balaban J connectivity index is 1.34. The van der Waals surface area contributed by atoms with Crippen LogP contribution in [0.1, 0.15) is 41.9 Å². The molecule has 3 heterocycles. The Morgan fingerprint density at radius 1 is 0.711 bits per heavy atom. The first-order chi connectivity index (χ1) is 21.7. The Bertz CT molecular complexity index is 2190. The second kappa shape index (κ2) is 11.4. The molecule has 0 saturated heterocycles. The molecule has 7 rings (SSSR count). The van der Waals surface area contributed by atoms with Crippen molar-refractivity contribution in [1.82, 2.24) is 19.3 Å². The summed E-state index contributed by atoms with van der Waals surface area (Å²) in [6.45, 7) is 13.0. The van der Waals surface area contributed by atoms with E-state index in [0.29, 0.717) is 5.92 Å². The van der Waals surface area contributed by atoms with E-state index in [9.17, 15) is 0 Å². The minimum atomic E-state index is 0.505. The average Bonchev–Trinajstić information content (AvgIpc) is 3.49. The number of nitrogens with zero attached hydrogens (tertiary/aromatic N) is 4. The van der Waals surface area contributed by atoms with Gasteiger partial charge in [-0.2, -0.15) is 5.10 Å². The predicted octanol–water partition coefficient (Wildman–Crippen LogP) is 10.3. The van der Waals surface area contributed by atoms with Crippen LogP contribution in [0, 0.1) is 33.6 Å². The van der Waals surface area contributed by atoms with E-state index in [1.165, 1.54) is 38.6 Å². The summed E-state index contributed by atoms with van der Waals surface area (Å²) >= 11 is 0. The fraction of sp³-hybridized carbons (Fsp3) is 0.200. The third-order valence-corrected chi connectivity index (χ3v) is 8.45. The first-order valence-corrected chi connectivity index (χ1v) is 15.7. The lowest BCUT2D eigenvalue weighted by Crippen LogP contribution is -2.03. The SMILES string of the molecule is Cc1ccnc(-n2c3ccc(C)cc3c3ccc(Oc4cc(CC(C)C)cc(-n5nc(C)c(-c6ccccc6)c5C)c4)cc32)c1. The van der Waals surface area contributed by atoms with Gasteiger partial charge in [-0.25, -0.2) is 9.67 Å². The number of aryl methyl sites for hydroxylation is 3. The molecule has 3 aromatic heterocycles. The van der Waals surface area contributed by atoms with Crippen molar-refractivity contribution < 1.29 is 4.74 Å². The van der Waals surface area contributed by atoms with Crippen LogP contribution in [0.25, 0.3) is 44.4 Å². The molecule has 4 aromatic carbocycles. The molecule has 0 aliphatic carbocycles. The highest BCUT2D eigenvalue weighted by Crippen LogP contribution is 2.37. The van der Waals surface area contributed by atoms with Gasteiger partial charge in [0.1, 0.15) is 17.3 Å². The lowest BCUT2D eigenvalue weighted by Gasteiger charge is -2.14. The van der Waals surface area contributed by atoms with Gasteiger partial charge < -0.3 is 4.74 Å². The maximum Gasteiger partial charge on any atom is 0.137 e. The van der Waals surface area contributed by atoms with Gasteiger partial charge in [-0.1, -0.05) is 55.8 Å². The molecule has 0 bridgehead atoms. The molecule has 0 spiro atoms. The van der Waals surface area contributed by atoms with Crippen molar-refractivity contribution in [3.8, 4) is 34.1 Å². The van der Waals surface area contributed by atoms with E-state index < -0.39 is 0 Å². The van der Waals surface area contributed by atoms with Crippen molar-refractivity contribution in [1.29, 1.82) is 0 Å². The van der Waals surface area contributed by atoms with Crippen LogP contribution >= 0.6 is 0 Å². The lowest BCUT2D eigenvalue weighted by molar-refractivity contribution is 0.481. The maximum absolute atomic E-state index is 6.69. The molecule has 0 amide bonds. The largest absolute Gasteiger partial charge is 0.457 e. The standard InChI is InChI=1S/C40H38N4O/c1-25(2)18-30-21-32(44-29(6)40(28(5)42-44)31-10-8-7-9-11-31)23-34(22-30)45-33-13-14-35-36-19-26(3)12-15-37(36)43(38(35)24-33)39-20-27(4)16-17-41-39/h7-17,19-25H,18H2,1-6H3. The van der Waals surface area contributed by atoms with Crippen LogP contribution in [0.15, 0.2) is 103 Å². The van der Waals surface area contributed by atoms with E-state index in [0.717, 1.165) is 51.8 Å². The number of ether oxygens (including phenoxy) is 1. The summed E-state index contributed by atoms with van der Waals surface area (Å²) in [6.07, 6.45) is 2.82. The third kappa shape index (κ3) is 5.40. The highest BCUT2D eigenvalue weighted by Gasteiger charge is 2.18. The summed E-state index contributed by atoms with van der Waals surface area (Å²) in [6, 6.07) is 34.2. The molecule has 0 aliphatic rings. The number of benzene rings is 4. The Labute approximate surface area is 264 Å². The fourth-order valence-electron chi connectivity index (χ4n) is 6.53. The normalized spacial score (nSPS) is 11.6. The summed E-state index contributed by atoms with van der Waals surface area (Å²) < 4.78 is 11.0. The molecular formula is C40H38N4O. The van der Waals surface area contributed by atoms with Gasteiger partial charge in [-0.05, 0) is 105 Å². The minimum Gasteiger partial charge on any atom is -0.457 e. The number of hydrogen-bond acceptors (Lipinski definition) is 3. The predicted molar refractivity (Wildman–Crippen MR) is 185 cm³/mol. The van der Waals surface area contributed by atoms with Crippen molar-refractivity contribution in [3.05, 3.63) is 131 Å². The van der Waals surface area contributed by atoms with Gasteiger partial charge in [0.2, 0.25) is 0 Å². The Morgan fingerprint density at radius 3 is 2.29 bits per heavy atom. The highest BCUT2D eigenvalue weighted by atomic mass is 16.5. The van der Waals surface area contributed by atoms with Crippen LogP contribution in [0.4, 0.5) is 0 Å². The van der Waals surface area contributed by atoms with Crippen LogP contribution in [-0.2, 0) is 6.42 Å². The number of fused-ring (bicyclic) bond motifs is 3. The monoisotopic (exact) mass is 590 g/mol. The minimum absolute atomic E-state index is 0.505. The van der Waals surface area contributed by atoms with Crippen molar-refractivity contribution >= 4 is 21.8 Å². The summed E-state index contributed by atoms with van der Waals surface area (Å²) in [4.78, 5) is 4.75. The van der Waals surface area contributed by atoms with Crippen LogP contribution in [-0.4, -0.2) is 19.3 Å². The zero-order chi connectivity index (χ0) is 31.2. The van der Waals surface area contributed by atoms with Gasteiger partial charge >= 0.3 is 0 Å². The molecule has 0 fully saturated rings. The van der Waals surface area contributed by atoms with Gasteiger partial charge in [0, 0.05) is 40.4 Å². The van der Waals surface area contributed by atoms with Crippen LogP contribution in [0.5, 0.6) is 11.5 Å². The van der Waals surface area contributed by atoms with Crippen molar-refractivity contribution in [3.63, 3.8) is 0 Å². The van der Waals surface area contributed by atoms with Gasteiger partial charge in [0.15, 0.2) is 0 Å². The van der Waals surface area contributed by atoms with Crippen molar-refractivity contribution in [2.75, 3.05) is 0 Å². The fourth-order valence-corrected chi connectivity index (χ4v) is 6.53. The molecule has 5 heteroatoms. The summed E-state index contributed by atoms with van der Waals surface area (Å²) in [5.74, 6) is 2.98. The summed E-state index contributed by atoms with van der Waals surface area (Å²) in [7, 11) is 0. The molecule has 7 aromatic rings. The number of aromatic nitrogens is 4. The quantitative estimate of drug-likeness (QED) is 0.186. The van der Waals surface area contributed by atoms with E-state index in [-0.39, 0.29) is 0 Å². The van der Waals surface area contributed by atoms with Gasteiger partial charge in [0.05, 0.1) is 22.4 Å². The molecule has 0 N–H and O–H groups in total. The third-order valence-electron chi connectivity index (χ3n) is 8.45. The average molecular weight is 591 g/mol. The second-order valence-corrected chi connectivity index (χ2v) is 12.6. The Kier molecular flexibility index (Phi) is 7.25. The van der Waals surface area contributed by atoms with E-state index in [1.807, 2.05) is 18.3 Å². The van der Waals surface area contributed by atoms with Crippen molar-refractivity contribution in [2.24, 2.45) is 5.92 Å². The van der Waals surface area contributed by atoms with Crippen LogP contribution in [0.2, 0.25) is 0 Å². The zero-order valence-corrected chi connectivity index (χ0v) is 26.8. The van der Waals surface area contributed by atoms with Crippen LogP contribution < -0.4 is 4.74 Å². The number of rotatable bonds is 7. The Hall–Kier alpha value is -5.16. The highest BCUT2D eigenvalue weighted by molar-refractivity contribution is 6.09. The molecule has 0 aliphatic heterocycles. The molecule has 45 heavy (non-hydrogen) atoms. The molecule has 0 saturated carbocycles. The molecule has 0 unspecified atom stereocenters. The van der Waals surface area contributed by atoms with Crippen LogP contribution in [0.3, 0.4) is 0 Å². The number of hydrogen-bond donors (Lipinski definition) is 0. The topological polar surface area (TPSA) is 44.9 Å². The molecule has 5 nitrogen and oxygen atoms in total. The molecule has 0 radical (unpaired) electrons. The lowest BCUT2D eigenvalue weighted by atomic mass is 10.0.